The van der Waals surface area contributed by atoms with Crippen molar-refractivity contribution in [3.05, 3.63) is 64.8 Å². The summed E-state index contributed by atoms with van der Waals surface area (Å²) < 4.78 is 5.10. The maximum absolute atomic E-state index is 12.4. The molecule has 0 saturated carbocycles. The number of ether oxygens (including phenoxy) is 1. The second kappa shape index (κ2) is 7.40. The molecule has 6 heteroatoms. The van der Waals surface area contributed by atoms with Gasteiger partial charge in [0.15, 0.2) is 0 Å². The smallest absolute Gasteiger partial charge is 0.292 e. The Bertz CT molecular complexity index is 916. The fraction of sp³-hybridized carbons (Fsp3) is 0.158. The Labute approximate surface area is 149 Å². The van der Waals surface area contributed by atoms with Gasteiger partial charge in [-0.1, -0.05) is 23.7 Å². The van der Waals surface area contributed by atoms with Gasteiger partial charge in [0.1, 0.15) is 5.75 Å². The van der Waals surface area contributed by atoms with Crippen molar-refractivity contribution in [3.63, 3.8) is 0 Å². The van der Waals surface area contributed by atoms with Crippen LogP contribution in [0, 0.1) is 0 Å². The summed E-state index contributed by atoms with van der Waals surface area (Å²) in [6.07, 6.45) is 2.16. The number of H-pyrrole nitrogens is 1. The summed E-state index contributed by atoms with van der Waals surface area (Å²) in [6.45, 7) is 0.375. The Balaban J connectivity index is 1.62. The van der Waals surface area contributed by atoms with E-state index < -0.39 is 11.7 Å². The molecule has 0 aliphatic rings. The number of carbonyl (C=O) groups excluding carboxylic acids is 2. The number of ketones is 1. The van der Waals surface area contributed by atoms with Gasteiger partial charge < -0.3 is 15.0 Å². The molecule has 1 heterocycles. The van der Waals surface area contributed by atoms with Crippen LogP contribution in [0.1, 0.15) is 15.9 Å². The zero-order valence-corrected chi connectivity index (χ0v) is 14.4. The number of nitrogens with one attached hydrogen (secondary N) is 2. The molecule has 5 nitrogen and oxygen atoms in total. The Morgan fingerprint density at radius 1 is 1.16 bits per heavy atom. The lowest BCUT2D eigenvalue weighted by atomic mass is 10.1. The summed E-state index contributed by atoms with van der Waals surface area (Å²) in [4.78, 5) is 27.5. The topological polar surface area (TPSA) is 71.2 Å². The van der Waals surface area contributed by atoms with Gasteiger partial charge in [-0.25, -0.2) is 0 Å². The Morgan fingerprint density at radius 2 is 1.92 bits per heavy atom. The van der Waals surface area contributed by atoms with Gasteiger partial charge >= 0.3 is 0 Å². The molecule has 3 aromatic rings. The molecule has 3 rings (SSSR count). The van der Waals surface area contributed by atoms with Gasteiger partial charge in [-0.05, 0) is 42.3 Å². The van der Waals surface area contributed by atoms with E-state index in [0.717, 1.165) is 16.8 Å². The number of fused-ring (bicyclic) bond motifs is 1. The lowest BCUT2D eigenvalue weighted by molar-refractivity contribution is -0.116. The summed E-state index contributed by atoms with van der Waals surface area (Å²) >= 11 is 5.97. The molecule has 128 valence electrons. The van der Waals surface area contributed by atoms with E-state index in [1.54, 1.807) is 25.3 Å². The molecular weight excluding hydrogens is 340 g/mol. The quantitative estimate of drug-likeness (QED) is 0.525. The number of aromatic amines is 1. The first kappa shape index (κ1) is 17.0. The minimum absolute atomic E-state index is 0.319. The Morgan fingerprint density at radius 3 is 2.64 bits per heavy atom. The third-order valence-corrected chi connectivity index (χ3v) is 4.19. The van der Waals surface area contributed by atoms with E-state index >= 15 is 0 Å². The van der Waals surface area contributed by atoms with Crippen LogP contribution in [0.2, 0.25) is 5.02 Å². The molecule has 2 N–H and O–H groups in total. The molecule has 0 bridgehead atoms. The summed E-state index contributed by atoms with van der Waals surface area (Å²) in [5.41, 5.74) is 2.13. The number of hydrogen-bond acceptors (Lipinski definition) is 3. The summed E-state index contributed by atoms with van der Waals surface area (Å²) in [5, 5.41) is 3.82. The largest absolute Gasteiger partial charge is 0.497 e. The molecule has 0 aliphatic carbocycles. The molecule has 25 heavy (non-hydrogen) atoms. The van der Waals surface area contributed by atoms with Crippen LogP contribution in [-0.4, -0.2) is 30.3 Å². The average molecular weight is 357 g/mol. The molecular formula is C19H17ClN2O3. The predicted octanol–water partition coefficient (Wildman–Crippen LogP) is 3.37. The van der Waals surface area contributed by atoms with E-state index in [0.29, 0.717) is 28.9 Å². The lowest BCUT2D eigenvalue weighted by Gasteiger charge is -2.05. The first-order valence-corrected chi connectivity index (χ1v) is 8.18. The molecule has 0 unspecified atom stereocenters. The molecule has 0 saturated heterocycles. The molecule has 0 fully saturated rings. The van der Waals surface area contributed by atoms with Crippen molar-refractivity contribution in [1.29, 1.82) is 0 Å². The van der Waals surface area contributed by atoms with Crippen molar-refractivity contribution in [1.82, 2.24) is 10.3 Å². The number of benzene rings is 2. The van der Waals surface area contributed by atoms with Crippen molar-refractivity contribution in [2.75, 3.05) is 13.7 Å². The summed E-state index contributed by atoms with van der Waals surface area (Å²) in [5.74, 6) is -0.432. The molecule has 0 atom stereocenters. The molecule has 2 aromatic carbocycles. The predicted molar refractivity (Wildman–Crippen MR) is 97.3 cm³/mol. The van der Waals surface area contributed by atoms with E-state index in [-0.39, 0.29) is 0 Å². The highest BCUT2D eigenvalue weighted by Crippen LogP contribution is 2.22. The number of amides is 1. The van der Waals surface area contributed by atoms with Gasteiger partial charge in [-0.2, -0.15) is 0 Å². The summed E-state index contributed by atoms with van der Waals surface area (Å²) in [7, 11) is 1.61. The first-order valence-electron chi connectivity index (χ1n) is 7.80. The molecule has 0 radical (unpaired) electrons. The minimum Gasteiger partial charge on any atom is -0.497 e. The van der Waals surface area contributed by atoms with Gasteiger partial charge in [-0.3, -0.25) is 9.59 Å². The number of methoxy groups -OCH3 is 1. The van der Waals surface area contributed by atoms with Crippen LogP contribution < -0.4 is 10.1 Å². The highest BCUT2D eigenvalue weighted by molar-refractivity contribution is 6.45. The number of halogens is 1. The van der Waals surface area contributed by atoms with E-state index in [9.17, 15) is 9.59 Å². The zero-order chi connectivity index (χ0) is 17.8. The Kier molecular flexibility index (Phi) is 5.05. The molecule has 1 aromatic heterocycles. The fourth-order valence-electron chi connectivity index (χ4n) is 2.60. The van der Waals surface area contributed by atoms with Gasteiger partial charge in [0.25, 0.3) is 11.7 Å². The third kappa shape index (κ3) is 3.83. The van der Waals surface area contributed by atoms with Crippen molar-refractivity contribution in [2.24, 2.45) is 0 Å². The molecule has 1 amide bonds. The highest BCUT2D eigenvalue weighted by Gasteiger charge is 2.19. The Hall–Kier alpha value is -2.79. The third-order valence-electron chi connectivity index (χ3n) is 3.95. The van der Waals surface area contributed by atoms with Crippen LogP contribution in [0.3, 0.4) is 0 Å². The fourth-order valence-corrected chi connectivity index (χ4v) is 2.77. The van der Waals surface area contributed by atoms with E-state index in [1.165, 1.54) is 6.20 Å². The average Bonchev–Trinajstić information content (AvgIpc) is 3.04. The maximum atomic E-state index is 12.4. The van der Waals surface area contributed by atoms with Gasteiger partial charge in [0.2, 0.25) is 0 Å². The minimum atomic E-state index is -0.630. The highest BCUT2D eigenvalue weighted by atomic mass is 35.5. The number of aromatic nitrogens is 1. The number of rotatable bonds is 6. The number of Topliss-reactive ketones (excluding diaryl/α,β-unsaturated/α-hetero) is 1. The van der Waals surface area contributed by atoms with Crippen LogP contribution in [0.5, 0.6) is 5.75 Å². The lowest BCUT2D eigenvalue weighted by Crippen LogP contribution is -2.32. The monoisotopic (exact) mass is 356 g/mol. The van der Waals surface area contributed by atoms with Crippen molar-refractivity contribution < 1.29 is 14.3 Å². The van der Waals surface area contributed by atoms with Crippen LogP contribution in [0.25, 0.3) is 10.9 Å². The van der Waals surface area contributed by atoms with Gasteiger partial charge in [0.05, 0.1) is 12.7 Å². The van der Waals surface area contributed by atoms with E-state index in [1.807, 2.05) is 24.3 Å². The van der Waals surface area contributed by atoms with E-state index in [4.69, 9.17) is 16.3 Å². The van der Waals surface area contributed by atoms with Crippen molar-refractivity contribution in [2.45, 2.75) is 6.42 Å². The number of hydrogen-bond donors (Lipinski definition) is 2. The van der Waals surface area contributed by atoms with Crippen LogP contribution in [0.15, 0.2) is 48.7 Å². The first-order chi connectivity index (χ1) is 12.1. The zero-order valence-electron chi connectivity index (χ0n) is 13.6. The SMILES string of the molecule is COc1ccc(CCNC(=O)C(=O)c2c[nH]c3ccc(Cl)cc23)cc1. The van der Waals surface area contributed by atoms with Crippen molar-refractivity contribution in [3.8, 4) is 5.75 Å². The number of carbonyl (C=O) groups is 2. The van der Waals surface area contributed by atoms with Crippen LogP contribution >= 0.6 is 11.6 Å². The van der Waals surface area contributed by atoms with Crippen LogP contribution in [0.4, 0.5) is 0 Å². The van der Waals surface area contributed by atoms with Gasteiger partial charge in [0, 0.05) is 28.7 Å². The summed E-state index contributed by atoms with van der Waals surface area (Å²) in [6, 6.07) is 12.7. The molecule has 0 spiro atoms. The standard InChI is InChI=1S/C19H17ClN2O3/c1-25-14-5-2-12(3-6-14)8-9-21-19(24)18(23)16-11-22-17-7-4-13(20)10-15(16)17/h2-7,10-11,22H,8-9H2,1H3,(H,21,24). The van der Waals surface area contributed by atoms with Crippen LogP contribution in [-0.2, 0) is 11.2 Å². The normalized spacial score (nSPS) is 10.6. The van der Waals surface area contributed by atoms with Crippen molar-refractivity contribution >= 4 is 34.2 Å². The second-order valence-corrected chi connectivity index (χ2v) is 6.01. The molecule has 0 aliphatic heterocycles. The van der Waals surface area contributed by atoms with E-state index in [2.05, 4.69) is 10.3 Å². The van der Waals surface area contributed by atoms with Gasteiger partial charge in [-0.15, -0.1) is 0 Å². The maximum Gasteiger partial charge on any atom is 0.292 e. The second-order valence-electron chi connectivity index (χ2n) is 5.58.